The van der Waals surface area contributed by atoms with Gasteiger partial charge >= 0.3 is 0 Å². The Labute approximate surface area is 117 Å². The normalized spacial score (nSPS) is 18.5. The maximum Gasteiger partial charge on any atom is 0.272 e. The summed E-state index contributed by atoms with van der Waals surface area (Å²) in [6.07, 6.45) is 0. The Kier molecular flexibility index (Phi) is 5.24. The van der Waals surface area contributed by atoms with Crippen molar-refractivity contribution < 1.29 is 9.53 Å². The summed E-state index contributed by atoms with van der Waals surface area (Å²) >= 11 is 1.19. The van der Waals surface area contributed by atoms with Crippen LogP contribution in [0, 0.1) is 5.92 Å². The molecule has 1 atom stereocenters. The van der Waals surface area contributed by atoms with Crippen molar-refractivity contribution in [3.63, 3.8) is 0 Å². The van der Waals surface area contributed by atoms with Gasteiger partial charge in [-0.05, 0) is 17.5 Å². The lowest BCUT2D eigenvalue weighted by molar-refractivity contribution is 0.00671. The monoisotopic (exact) mass is 284 g/mol. The number of amides is 1. The van der Waals surface area contributed by atoms with Crippen LogP contribution >= 0.6 is 11.5 Å². The van der Waals surface area contributed by atoms with Crippen LogP contribution in [0.4, 0.5) is 0 Å². The summed E-state index contributed by atoms with van der Waals surface area (Å²) in [4.78, 5) is 14.2. The standard InChI is InChI=1S/C12H20N4O2S/c1-9(2)11(16-3-5-18-6-4-16)7-13-12(17)10-8-19-15-14-10/h8-9,11H,3-7H2,1-2H3,(H,13,17)/t11-/m1/s1. The fourth-order valence-electron chi connectivity index (χ4n) is 2.25. The quantitative estimate of drug-likeness (QED) is 0.859. The zero-order valence-corrected chi connectivity index (χ0v) is 12.2. The van der Waals surface area contributed by atoms with Gasteiger partial charge in [0.15, 0.2) is 5.69 Å². The molecule has 19 heavy (non-hydrogen) atoms. The molecule has 1 N–H and O–H groups in total. The molecule has 6 nitrogen and oxygen atoms in total. The number of aromatic nitrogens is 2. The van der Waals surface area contributed by atoms with Crippen LogP contribution < -0.4 is 5.32 Å². The predicted octanol–water partition coefficient (Wildman–Crippen LogP) is 0.625. The molecule has 106 valence electrons. The number of carbonyl (C=O) groups excluding carboxylic acids is 1. The second-order valence-corrected chi connectivity index (χ2v) is 5.57. The number of hydrogen-bond acceptors (Lipinski definition) is 6. The van der Waals surface area contributed by atoms with E-state index >= 15 is 0 Å². The molecule has 1 aliphatic rings. The average molecular weight is 284 g/mol. The molecule has 0 aliphatic carbocycles. The summed E-state index contributed by atoms with van der Waals surface area (Å²) in [5.74, 6) is 0.333. The number of nitrogens with one attached hydrogen (secondary N) is 1. The third kappa shape index (κ3) is 3.95. The van der Waals surface area contributed by atoms with Crippen molar-refractivity contribution in [2.24, 2.45) is 5.92 Å². The molecule has 0 spiro atoms. The van der Waals surface area contributed by atoms with E-state index in [-0.39, 0.29) is 5.91 Å². The second-order valence-electron chi connectivity index (χ2n) is 4.96. The van der Waals surface area contributed by atoms with Crippen molar-refractivity contribution in [1.82, 2.24) is 19.8 Å². The fourth-order valence-corrected chi connectivity index (χ4v) is 2.68. The van der Waals surface area contributed by atoms with E-state index in [1.165, 1.54) is 11.5 Å². The molecule has 2 rings (SSSR count). The van der Waals surface area contributed by atoms with Gasteiger partial charge in [-0.15, -0.1) is 5.10 Å². The van der Waals surface area contributed by atoms with E-state index in [9.17, 15) is 4.79 Å². The summed E-state index contributed by atoms with van der Waals surface area (Å²) in [6, 6.07) is 0.333. The molecule has 0 radical (unpaired) electrons. The highest BCUT2D eigenvalue weighted by Crippen LogP contribution is 2.12. The van der Waals surface area contributed by atoms with E-state index in [4.69, 9.17) is 4.74 Å². The van der Waals surface area contributed by atoms with E-state index in [0.29, 0.717) is 24.2 Å². The van der Waals surface area contributed by atoms with Gasteiger partial charge in [-0.25, -0.2) is 0 Å². The molecule has 1 fully saturated rings. The minimum absolute atomic E-state index is 0.146. The van der Waals surface area contributed by atoms with Gasteiger partial charge in [0.05, 0.1) is 13.2 Å². The Hall–Kier alpha value is -1.05. The van der Waals surface area contributed by atoms with Crippen LogP contribution in [0.2, 0.25) is 0 Å². The van der Waals surface area contributed by atoms with Crippen LogP contribution in [0.3, 0.4) is 0 Å². The van der Waals surface area contributed by atoms with Crippen molar-refractivity contribution >= 4 is 17.4 Å². The zero-order chi connectivity index (χ0) is 13.7. The van der Waals surface area contributed by atoms with E-state index in [2.05, 4.69) is 33.7 Å². The Morgan fingerprint density at radius 2 is 2.26 bits per heavy atom. The molecule has 0 saturated carbocycles. The summed E-state index contributed by atoms with van der Waals surface area (Å²) in [5, 5.41) is 8.38. The van der Waals surface area contributed by atoms with Crippen LogP contribution in [0.1, 0.15) is 24.3 Å². The van der Waals surface area contributed by atoms with Gasteiger partial charge in [0.1, 0.15) is 0 Å². The van der Waals surface area contributed by atoms with Gasteiger partial charge in [0.2, 0.25) is 0 Å². The molecule has 0 aromatic carbocycles. The van der Waals surface area contributed by atoms with Crippen LogP contribution in [0.5, 0.6) is 0 Å². The Bertz CT molecular complexity index is 390. The molecule has 1 aromatic rings. The molecular formula is C12H20N4O2S. The van der Waals surface area contributed by atoms with Crippen LogP contribution in [-0.2, 0) is 4.74 Å². The first kappa shape index (κ1) is 14.4. The molecule has 1 aliphatic heterocycles. The van der Waals surface area contributed by atoms with Crippen molar-refractivity contribution in [2.75, 3.05) is 32.8 Å². The highest BCUT2D eigenvalue weighted by Gasteiger charge is 2.24. The molecule has 1 aromatic heterocycles. The SMILES string of the molecule is CC(C)[C@@H](CNC(=O)c1csnn1)N1CCOCC1. The van der Waals surface area contributed by atoms with Crippen molar-refractivity contribution in [3.8, 4) is 0 Å². The van der Waals surface area contributed by atoms with Gasteiger partial charge in [-0.1, -0.05) is 18.3 Å². The van der Waals surface area contributed by atoms with Crippen LogP contribution in [0.15, 0.2) is 5.38 Å². The number of hydrogen-bond donors (Lipinski definition) is 1. The van der Waals surface area contributed by atoms with Gasteiger partial charge in [0.25, 0.3) is 5.91 Å². The molecule has 1 amide bonds. The summed E-state index contributed by atoms with van der Waals surface area (Å²) in [7, 11) is 0. The molecular weight excluding hydrogens is 264 g/mol. The minimum atomic E-state index is -0.146. The highest BCUT2D eigenvalue weighted by molar-refractivity contribution is 7.03. The van der Waals surface area contributed by atoms with Gasteiger partial charge in [-0.2, -0.15) is 0 Å². The van der Waals surface area contributed by atoms with Crippen LogP contribution in [0.25, 0.3) is 0 Å². The molecule has 2 heterocycles. The number of morpholine rings is 1. The second kappa shape index (κ2) is 6.93. The molecule has 7 heteroatoms. The summed E-state index contributed by atoms with van der Waals surface area (Å²) < 4.78 is 9.07. The smallest absolute Gasteiger partial charge is 0.272 e. The lowest BCUT2D eigenvalue weighted by Gasteiger charge is -2.36. The van der Waals surface area contributed by atoms with Gasteiger partial charge in [-0.3, -0.25) is 9.69 Å². The Balaban J connectivity index is 1.88. The Morgan fingerprint density at radius 3 is 2.84 bits per heavy atom. The van der Waals surface area contributed by atoms with Crippen molar-refractivity contribution in [1.29, 1.82) is 0 Å². The molecule has 0 unspecified atom stereocenters. The van der Waals surface area contributed by atoms with Gasteiger partial charge < -0.3 is 10.1 Å². The lowest BCUT2D eigenvalue weighted by atomic mass is 10.0. The van der Waals surface area contributed by atoms with Crippen molar-refractivity contribution in [2.45, 2.75) is 19.9 Å². The first-order valence-corrected chi connectivity index (χ1v) is 7.39. The fraction of sp³-hybridized carbons (Fsp3) is 0.750. The topological polar surface area (TPSA) is 67.4 Å². The molecule has 0 bridgehead atoms. The Morgan fingerprint density at radius 1 is 1.53 bits per heavy atom. The number of ether oxygens (including phenoxy) is 1. The maximum atomic E-state index is 11.9. The van der Waals surface area contributed by atoms with E-state index < -0.39 is 0 Å². The first-order valence-electron chi connectivity index (χ1n) is 6.55. The highest BCUT2D eigenvalue weighted by atomic mass is 32.1. The van der Waals surface area contributed by atoms with Gasteiger partial charge in [0, 0.05) is 31.1 Å². The molecule has 1 saturated heterocycles. The van der Waals surface area contributed by atoms with E-state index in [0.717, 1.165) is 26.3 Å². The zero-order valence-electron chi connectivity index (χ0n) is 11.3. The number of carbonyl (C=O) groups is 1. The third-order valence-electron chi connectivity index (χ3n) is 3.35. The average Bonchev–Trinajstić information content (AvgIpc) is 2.93. The third-order valence-corrected chi connectivity index (χ3v) is 3.85. The number of nitrogens with zero attached hydrogens (tertiary/aromatic N) is 3. The lowest BCUT2D eigenvalue weighted by Crippen LogP contribution is -2.51. The minimum Gasteiger partial charge on any atom is -0.379 e. The van der Waals surface area contributed by atoms with E-state index in [1.807, 2.05) is 0 Å². The van der Waals surface area contributed by atoms with E-state index in [1.54, 1.807) is 5.38 Å². The predicted molar refractivity (Wildman–Crippen MR) is 73.3 cm³/mol. The maximum absolute atomic E-state index is 11.9. The first-order chi connectivity index (χ1) is 9.18. The summed E-state index contributed by atoms with van der Waals surface area (Å²) in [5.41, 5.74) is 0.398. The van der Waals surface area contributed by atoms with Crippen LogP contribution in [-0.4, -0.2) is 59.3 Å². The van der Waals surface area contributed by atoms with Crippen molar-refractivity contribution in [3.05, 3.63) is 11.1 Å². The summed E-state index contributed by atoms with van der Waals surface area (Å²) in [6.45, 7) is 8.38. The largest absolute Gasteiger partial charge is 0.379 e. The number of rotatable bonds is 5.